The van der Waals surface area contributed by atoms with Gasteiger partial charge in [-0.2, -0.15) is 0 Å². The third kappa shape index (κ3) is 3.36. The van der Waals surface area contributed by atoms with Crippen molar-refractivity contribution in [3.63, 3.8) is 0 Å². The molecule has 0 radical (unpaired) electrons. The summed E-state index contributed by atoms with van der Waals surface area (Å²) < 4.78 is 5.57. The van der Waals surface area contributed by atoms with Gasteiger partial charge in [-0.25, -0.2) is 0 Å². The Bertz CT molecular complexity index is 793. The summed E-state index contributed by atoms with van der Waals surface area (Å²) in [6, 6.07) is 10.9. The molecule has 0 unspecified atom stereocenters. The van der Waals surface area contributed by atoms with Crippen LogP contribution in [0.3, 0.4) is 0 Å². The molecule has 2 aliphatic heterocycles. The molecule has 0 spiro atoms. The van der Waals surface area contributed by atoms with E-state index in [1.807, 2.05) is 44.4 Å². The summed E-state index contributed by atoms with van der Waals surface area (Å²) in [5.41, 5.74) is 2.64. The van der Waals surface area contributed by atoms with Crippen molar-refractivity contribution in [1.82, 2.24) is 14.9 Å². The molecule has 0 aliphatic carbocycles. The van der Waals surface area contributed by atoms with Gasteiger partial charge in [-0.15, -0.1) is 0 Å². The monoisotopic (exact) mass is 365 g/mol. The summed E-state index contributed by atoms with van der Waals surface area (Å²) in [4.78, 5) is 24.5. The molecule has 0 amide bonds. The van der Waals surface area contributed by atoms with Gasteiger partial charge in [0.25, 0.3) is 0 Å². The maximum absolute atomic E-state index is 13.1. The molecule has 2 fully saturated rings. The summed E-state index contributed by atoms with van der Waals surface area (Å²) in [6.45, 7) is 5.01. The number of hydrogen-bond donors (Lipinski definition) is 0. The fourth-order valence-electron chi connectivity index (χ4n) is 4.95. The molecule has 3 heterocycles. The van der Waals surface area contributed by atoms with E-state index in [1.54, 1.807) is 0 Å². The van der Waals surface area contributed by atoms with Crippen molar-refractivity contribution >= 4 is 5.97 Å². The Morgan fingerprint density at radius 3 is 2.74 bits per heavy atom. The molecule has 3 atom stereocenters. The van der Waals surface area contributed by atoms with Crippen LogP contribution in [-0.4, -0.2) is 39.5 Å². The van der Waals surface area contributed by atoms with Gasteiger partial charge in [-0.1, -0.05) is 30.3 Å². The second-order valence-electron chi connectivity index (χ2n) is 7.81. The Morgan fingerprint density at radius 2 is 2.04 bits per heavy atom. The van der Waals surface area contributed by atoms with Crippen LogP contribution in [0.1, 0.15) is 43.1 Å². The molecule has 5 nitrogen and oxygen atoms in total. The Labute approximate surface area is 160 Å². The number of carbonyl (C=O) groups excluding carboxylic acids is 1. The predicted molar refractivity (Wildman–Crippen MR) is 103 cm³/mol. The van der Waals surface area contributed by atoms with Crippen LogP contribution in [0.2, 0.25) is 0 Å². The third-order valence-corrected chi connectivity index (χ3v) is 6.10. The zero-order chi connectivity index (χ0) is 18.9. The lowest BCUT2D eigenvalue weighted by molar-refractivity contribution is -0.157. The molecule has 142 valence electrons. The van der Waals surface area contributed by atoms with E-state index in [0.717, 1.165) is 43.6 Å². The number of ether oxygens (including phenoxy) is 1. The standard InChI is InChI=1S/C22H27N3O2/c1-3-27-21(26)22(11-17-7-5-4-6-8-17)12-19-9-10-20(22)25(19)15-18-14-23-16(2)13-24-18/h4-8,13-14,19-20H,3,9-12,15H2,1-2H3/t19-,20+,22+/m1/s1. The normalized spacial score (nSPS) is 27.0. The minimum atomic E-state index is -0.460. The van der Waals surface area contributed by atoms with Crippen molar-refractivity contribution in [2.24, 2.45) is 5.41 Å². The van der Waals surface area contributed by atoms with Gasteiger partial charge in [0.1, 0.15) is 0 Å². The summed E-state index contributed by atoms with van der Waals surface area (Å²) in [5, 5.41) is 0. The van der Waals surface area contributed by atoms with Crippen LogP contribution in [0.15, 0.2) is 42.7 Å². The van der Waals surface area contributed by atoms with Gasteiger partial charge in [-0.3, -0.25) is 19.7 Å². The van der Waals surface area contributed by atoms with E-state index in [1.165, 1.54) is 5.56 Å². The topological polar surface area (TPSA) is 55.3 Å². The zero-order valence-corrected chi connectivity index (χ0v) is 16.1. The number of nitrogens with zero attached hydrogens (tertiary/aromatic N) is 3. The molecule has 2 aliphatic rings. The second-order valence-corrected chi connectivity index (χ2v) is 7.81. The van der Waals surface area contributed by atoms with Gasteiger partial charge in [0.2, 0.25) is 0 Å². The highest BCUT2D eigenvalue weighted by Crippen LogP contribution is 2.52. The minimum absolute atomic E-state index is 0.0407. The lowest BCUT2D eigenvalue weighted by Crippen LogP contribution is -2.46. The Kier molecular flexibility index (Phi) is 4.96. The van der Waals surface area contributed by atoms with Crippen LogP contribution in [0.5, 0.6) is 0 Å². The first-order valence-electron chi connectivity index (χ1n) is 9.87. The van der Waals surface area contributed by atoms with Gasteiger partial charge in [0, 0.05) is 31.0 Å². The number of aryl methyl sites for hydroxylation is 1. The maximum atomic E-state index is 13.1. The van der Waals surface area contributed by atoms with Crippen molar-refractivity contribution in [2.75, 3.05) is 6.61 Å². The average molecular weight is 365 g/mol. The van der Waals surface area contributed by atoms with Crippen LogP contribution in [0.4, 0.5) is 0 Å². The smallest absolute Gasteiger partial charge is 0.314 e. The maximum Gasteiger partial charge on any atom is 0.314 e. The number of esters is 1. The van der Waals surface area contributed by atoms with Crippen molar-refractivity contribution in [3.8, 4) is 0 Å². The highest BCUT2D eigenvalue weighted by atomic mass is 16.5. The molecule has 5 heteroatoms. The molecule has 0 saturated carbocycles. The van der Waals surface area contributed by atoms with Gasteiger partial charge in [-0.05, 0) is 45.1 Å². The van der Waals surface area contributed by atoms with Crippen LogP contribution < -0.4 is 0 Å². The zero-order valence-electron chi connectivity index (χ0n) is 16.1. The molecule has 27 heavy (non-hydrogen) atoms. The minimum Gasteiger partial charge on any atom is -0.466 e. The molecule has 1 aromatic carbocycles. The summed E-state index contributed by atoms with van der Waals surface area (Å²) in [5.74, 6) is -0.0407. The van der Waals surface area contributed by atoms with Gasteiger partial charge in [0.05, 0.1) is 23.4 Å². The van der Waals surface area contributed by atoms with E-state index in [4.69, 9.17) is 4.74 Å². The SMILES string of the molecule is CCOC(=O)[C@@]1(Cc2ccccc2)C[C@H]2CC[C@@H]1N2Cc1cnc(C)cn1. The van der Waals surface area contributed by atoms with E-state index in [-0.39, 0.29) is 12.0 Å². The van der Waals surface area contributed by atoms with Gasteiger partial charge < -0.3 is 4.74 Å². The average Bonchev–Trinajstić information content (AvgIpc) is 3.19. The summed E-state index contributed by atoms with van der Waals surface area (Å²) in [7, 11) is 0. The van der Waals surface area contributed by atoms with Crippen molar-refractivity contribution in [1.29, 1.82) is 0 Å². The lowest BCUT2D eigenvalue weighted by Gasteiger charge is -2.35. The fourth-order valence-corrected chi connectivity index (χ4v) is 4.95. The third-order valence-electron chi connectivity index (χ3n) is 6.10. The molecular formula is C22H27N3O2. The molecule has 1 aromatic heterocycles. The lowest BCUT2D eigenvalue weighted by atomic mass is 9.70. The van der Waals surface area contributed by atoms with Crippen LogP contribution >= 0.6 is 0 Å². The van der Waals surface area contributed by atoms with E-state index in [2.05, 4.69) is 27.0 Å². The number of benzene rings is 1. The van der Waals surface area contributed by atoms with Crippen molar-refractivity contribution in [2.45, 2.75) is 58.2 Å². The van der Waals surface area contributed by atoms with E-state index in [0.29, 0.717) is 12.6 Å². The largest absolute Gasteiger partial charge is 0.466 e. The van der Waals surface area contributed by atoms with E-state index >= 15 is 0 Å². The first kappa shape index (κ1) is 18.1. The van der Waals surface area contributed by atoms with E-state index < -0.39 is 5.41 Å². The number of aromatic nitrogens is 2. The van der Waals surface area contributed by atoms with Gasteiger partial charge in [0.15, 0.2) is 0 Å². The van der Waals surface area contributed by atoms with Crippen molar-refractivity contribution < 1.29 is 9.53 Å². The molecule has 2 bridgehead atoms. The summed E-state index contributed by atoms with van der Waals surface area (Å²) >= 11 is 0. The number of carbonyl (C=O) groups is 1. The second kappa shape index (κ2) is 7.39. The Morgan fingerprint density at radius 1 is 1.22 bits per heavy atom. The fraction of sp³-hybridized carbons (Fsp3) is 0.500. The quantitative estimate of drug-likeness (QED) is 0.735. The van der Waals surface area contributed by atoms with Crippen LogP contribution in [0.25, 0.3) is 0 Å². The highest BCUT2D eigenvalue weighted by molar-refractivity contribution is 5.79. The predicted octanol–water partition coefficient (Wildman–Crippen LogP) is 3.31. The van der Waals surface area contributed by atoms with E-state index in [9.17, 15) is 4.79 Å². The molecule has 4 rings (SSSR count). The molecule has 2 aromatic rings. The Balaban J connectivity index is 1.62. The van der Waals surface area contributed by atoms with Crippen LogP contribution in [-0.2, 0) is 22.5 Å². The van der Waals surface area contributed by atoms with Gasteiger partial charge >= 0.3 is 5.97 Å². The molecule has 0 N–H and O–H groups in total. The first-order chi connectivity index (χ1) is 13.1. The number of rotatable bonds is 6. The van der Waals surface area contributed by atoms with Crippen LogP contribution in [0, 0.1) is 12.3 Å². The highest BCUT2D eigenvalue weighted by Gasteiger charge is 2.60. The number of fused-ring (bicyclic) bond motifs is 2. The Hall–Kier alpha value is -2.27. The molecular weight excluding hydrogens is 338 g/mol. The van der Waals surface area contributed by atoms with Crippen molar-refractivity contribution in [3.05, 3.63) is 59.7 Å². The molecule has 2 saturated heterocycles. The number of hydrogen-bond acceptors (Lipinski definition) is 5. The summed E-state index contributed by atoms with van der Waals surface area (Å²) in [6.07, 6.45) is 7.45. The first-order valence-corrected chi connectivity index (χ1v) is 9.87.